The Morgan fingerprint density at radius 3 is 2.53 bits per heavy atom. The third-order valence-electron chi connectivity index (χ3n) is 2.47. The van der Waals surface area contributed by atoms with Gasteiger partial charge in [-0.25, -0.2) is 0 Å². The molecule has 0 bridgehead atoms. The Kier molecular flexibility index (Phi) is 6.73. The van der Waals surface area contributed by atoms with E-state index >= 15 is 0 Å². The molecule has 0 heterocycles. The van der Waals surface area contributed by atoms with Gasteiger partial charge in [-0.05, 0) is 24.0 Å². The second-order valence-corrected chi connectivity index (χ2v) is 7.43. The van der Waals surface area contributed by atoms with Crippen LogP contribution in [-0.4, -0.2) is 23.6 Å². The zero-order valence-corrected chi connectivity index (χ0v) is 13.4. The van der Waals surface area contributed by atoms with Crippen LogP contribution in [0.2, 0.25) is 0 Å². The molecular formula is C15H22ClNOS. The maximum Gasteiger partial charge on any atom is 0.230 e. The molecule has 106 valence electrons. The predicted octanol–water partition coefficient (Wildman–Crippen LogP) is 3.94. The fourth-order valence-corrected chi connectivity index (χ4v) is 2.97. The lowest BCUT2D eigenvalue weighted by Gasteiger charge is -2.21. The van der Waals surface area contributed by atoms with Gasteiger partial charge >= 0.3 is 0 Å². The van der Waals surface area contributed by atoms with Crippen LogP contribution in [0.3, 0.4) is 0 Å². The van der Waals surface area contributed by atoms with Crippen molar-refractivity contribution >= 4 is 29.3 Å². The summed E-state index contributed by atoms with van der Waals surface area (Å²) in [7, 11) is 0. The van der Waals surface area contributed by atoms with Crippen LogP contribution in [0.4, 0.5) is 0 Å². The molecule has 1 rings (SSSR count). The summed E-state index contributed by atoms with van der Waals surface area (Å²) in [4.78, 5) is 12.8. The lowest BCUT2D eigenvalue weighted by molar-refractivity contribution is -0.118. The van der Waals surface area contributed by atoms with Crippen molar-refractivity contribution in [2.24, 2.45) is 5.41 Å². The van der Waals surface area contributed by atoms with Crippen molar-refractivity contribution < 1.29 is 4.79 Å². The second kappa shape index (κ2) is 7.81. The summed E-state index contributed by atoms with van der Waals surface area (Å²) in [5, 5.41) is 2.87. The molecule has 0 aliphatic carbocycles. The molecule has 0 aromatic heterocycles. The Morgan fingerprint density at radius 2 is 1.95 bits per heavy atom. The Hall–Kier alpha value is -0.670. The van der Waals surface area contributed by atoms with Crippen molar-refractivity contribution in [1.82, 2.24) is 5.32 Å². The van der Waals surface area contributed by atoms with Gasteiger partial charge in [0.25, 0.3) is 0 Å². The standard InChI is InChI=1S/C15H22ClNOS/c1-15(2,3)9-12(16)10-17-14(18)11-19-13-7-5-4-6-8-13/h4-8,12H,9-11H2,1-3H3,(H,17,18). The van der Waals surface area contributed by atoms with Crippen molar-refractivity contribution in [2.45, 2.75) is 37.5 Å². The zero-order valence-electron chi connectivity index (χ0n) is 11.8. The largest absolute Gasteiger partial charge is 0.354 e. The number of amides is 1. The molecule has 1 unspecified atom stereocenters. The first-order chi connectivity index (χ1) is 8.87. The van der Waals surface area contributed by atoms with Crippen LogP contribution in [0.15, 0.2) is 35.2 Å². The van der Waals surface area contributed by atoms with Crippen molar-refractivity contribution in [3.63, 3.8) is 0 Å². The first-order valence-corrected chi connectivity index (χ1v) is 7.88. The summed E-state index contributed by atoms with van der Waals surface area (Å²) in [5.41, 5.74) is 0.190. The average Bonchev–Trinajstić information content (AvgIpc) is 2.33. The van der Waals surface area contributed by atoms with Gasteiger partial charge in [0.1, 0.15) is 0 Å². The van der Waals surface area contributed by atoms with E-state index < -0.39 is 0 Å². The third-order valence-corrected chi connectivity index (χ3v) is 3.79. The van der Waals surface area contributed by atoms with Gasteiger partial charge in [0.15, 0.2) is 0 Å². The number of carbonyl (C=O) groups is 1. The highest BCUT2D eigenvalue weighted by Gasteiger charge is 2.17. The van der Waals surface area contributed by atoms with Crippen LogP contribution in [0.1, 0.15) is 27.2 Å². The molecule has 1 amide bonds. The molecule has 2 nitrogen and oxygen atoms in total. The van der Waals surface area contributed by atoms with E-state index in [4.69, 9.17) is 11.6 Å². The second-order valence-electron chi connectivity index (χ2n) is 5.77. The van der Waals surface area contributed by atoms with E-state index in [2.05, 4.69) is 26.1 Å². The summed E-state index contributed by atoms with van der Waals surface area (Å²) in [6.07, 6.45) is 0.890. The summed E-state index contributed by atoms with van der Waals surface area (Å²) in [6, 6.07) is 9.91. The first kappa shape index (κ1) is 16.4. The smallest absolute Gasteiger partial charge is 0.230 e. The molecule has 4 heteroatoms. The highest BCUT2D eigenvalue weighted by Crippen LogP contribution is 2.23. The van der Waals surface area contributed by atoms with Crippen LogP contribution < -0.4 is 5.32 Å². The normalized spacial score (nSPS) is 13.1. The molecule has 0 aliphatic heterocycles. The summed E-state index contributed by atoms with van der Waals surface area (Å²) < 4.78 is 0. The fourth-order valence-electron chi connectivity index (χ4n) is 1.68. The van der Waals surface area contributed by atoms with E-state index in [9.17, 15) is 4.79 Å². The predicted molar refractivity (Wildman–Crippen MR) is 83.9 cm³/mol. The molecule has 0 aliphatic rings. The quantitative estimate of drug-likeness (QED) is 0.637. The molecule has 1 aromatic rings. The fraction of sp³-hybridized carbons (Fsp3) is 0.533. The molecule has 1 aromatic carbocycles. The number of hydrogen-bond acceptors (Lipinski definition) is 2. The number of nitrogens with one attached hydrogen (secondary N) is 1. The Balaban J connectivity index is 2.21. The Bertz CT molecular complexity index is 389. The number of thioether (sulfide) groups is 1. The number of rotatable bonds is 6. The van der Waals surface area contributed by atoms with Gasteiger partial charge in [0, 0.05) is 11.4 Å². The van der Waals surface area contributed by atoms with Gasteiger partial charge in [-0.2, -0.15) is 0 Å². The number of benzene rings is 1. The van der Waals surface area contributed by atoms with E-state index in [-0.39, 0.29) is 16.7 Å². The molecule has 0 saturated heterocycles. The van der Waals surface area contributed by atoms with Gasteiger partial charge in [-0.15, -0.1) is 23.4 Å². The Morgan fingerprint density at radius 1 is 1.32 bits per heavy atom. The maximum absolute atomic E-state index is 11.7. The van der Waals surface area contributed by atoms with Crippen molar-refractivity contribution in [2.75, 3.05) is 12.3 Å². The van der Waals surface area contributed by atoms with E-state index in [0.717, 1.165) is 11.3 Å². The molecule has 19 heavy (non-hydrogen) atoms. The molecule has 1 N–H and O–H groups in total. The third kappa shape index (κ3) is 8.17. The average molecular weight is 300 g/mol. The molecule has 0 spiro atoms. The van der Waals surface area contributed by atoms with Gasteiger partial charge in [0.2, 0.25) is 5.91 Å². The van der Waals surface area contributed by atoms with Gasteiger partial charge < -0.3 is 5.32 Å². The molecule has 1 atom stereocenters. The number of alkyl halides is 1. The van der Waals surface area contributed by atoms with Crippen molar-refractivity contribution in [1.29, 1.82) is 0 Å². The minimum absolute atomic E-state index is 0.00863. The van der Waals surface area contributed by atoms with Crippen molar-refractivity contribution in [3.05, 3.63) is 30.3 Å². The lowest BCUT2D eigenvalue weighted by Crippen LogP contribution is -2.32. The topological polar surface area (TPSA) is 29.1 Å². The minimum atomic E-state index is -0.00863. The summed E-state index contributed by atoms with van der Waals surface area (Å²) in [5.74, 6) is 0.469. The van der Waals surface area contributed by atoms with Crippen LogP contribution in [0, 0.1) is 5.41 Å². The lowest BCUT2D eigenvalue weighted by atomic mass is 9.90. The van der Waals surface area contributed by atoms with Gasteiger partial charge in [0.05, 0.1) is 11.1 Å². The Labute approximate surface area is 125 Å². The van der Waals surface area contributed by atoms with E-state index in [1.807, 2.05) is 30.3 Å². The number of carbonyl (C=O) groups excluding carboxylic acids is 1. The maximum atomic E-state index is 11.7. The van der Waals surface area contributed by atoms with Crippen molar-refractivity contribution in [3.8, 4) is 0 Å². The van der Waals surface area contributed by atoms with Crippen LogP contribution in [-0.2, 0) is 4.79 Å². The summed E-state index contributed by atoms with van der Waals surface area (Å²) in [6.45, 7) is 6.98. The van der Waals surface area contributed by atoms with E-state index in [0.29, 0.717) is 12.3 Å². The molecule has 0 fully saturated rings. The molecule has 0 radical (unpaired) electrons. The van der Waals surface area contributed by atoms with Crippen LogP contribution in [0.5, 0.6) is 0 Å². The van der Waals surface area contributed by atoms with Crippen LogP contribution >= 0.6 is 23.4 Å². The van der Waals surface area contributed by atoms with E-state index in [1.54, 1.807) is 0 Å². The van der Waals surface area contributed by atoms with Gasteiger partial charge in [-0.3, -0.25) is 4.79 Å². The summed E-state index contributed by atoms with van der Waals surface area (Å²) >= 11 is 7.74. The number of halogens is 1. The first-order valence-electron chi connectivity index (χ1n) is 6.45. The molecular weight excluding hydrogens is 278 g/mol. The van der Waals surface area contributed by atoms with Gasteiger partial charge in [-0.1, -0.05) is 39.0 Å². The van der Waals surface area contributed by atoms with Crippen LogP contribution in [0.25, 0.3) is 0 Å². The SMILES string of the molecule is CC(C)(C)CC(Cl)CNC(=O)CSc1ccccc1. The van der Waals surface area contributed by atoms with E-state index in [1.165, 1.54) is 11.8 Å². The highest BCUT2D eigenvalue weighted by atomic mass is 35.5. The number of hydrogen-bond donors (Lipinski definition) is 1. The monoisotopic (exact) mass is 299 g/mol. The highest BCUT2D eigenvalue weighted by molar-refractivity contribution is 8.00. The minimum Gasteiger partial charge on any atom is -0.354 e. The molecule has 0 saturated carbocycles. The zero-order chi connectivity index (χ0) is 14.3.